The van der Waals surface area contributed by atoms with Gasteiger partial charge in [0, 0.05) is 10.7 Å². The molecule has 5 heteroatoms. The second-order valence-electron chi connectivity index (χ2n) is 3.97. The van der Waals surface area contributed by atoms with Crippen LogP contribution in [0.5, 0.6) is 0 Å². The number of cyclic esters (lactones) is 1. The van der Waals surface area contributed by atoms with Gasteiger partial charge in [0.1, 0.15) is 6.61 Å². The fraction of sp³-hybridized carbons (Fsp3) is 0.417. The highest BCUT2D eigenvalue weighted by Gasteiger charge is 2.33. The van der Waals surface area contributed by atoms with Crippen molar-refractivity contribution in [3.05, 3.63) is 29.3 Å². The van der Waals surface area contributed by atoms with Crippen LogP contribution in [0.25, 0.3) is 0 Å². The molecule has 1 aromatic rings. The Kier molecular flexibility index (Phi) is 3.86. The van der Waals surface area contributed by atoms with Gasteiger partial charge in [-0.25, -0.2) is 4.79 Å². The molecule has 2 rings (SSSR count). The Morgan fingerprint density at radius 1 is 1.47 bits per heavy atom. The van der Waals surface area contributed by atoms with E-state index in [2.05, 4.69) is 5.32 Å². The Bertz CT molecular complexity index is 394. The normalized spacial score (nSPS) is 19.5. The lowest BCUT2D eigenvalue weighted by atomic mass is 10.2. The van der Waals surface area contributed by atoms with E-state index >= 15 is 0 Å². The van der Waals surface area contributed by atoms with E-state index in [1.165, 1.54) is 0 Å². The Hall–Kier alpha value is -1.26. The summed E-state index contributed by atoms with van der Waals surface area (Å²) < 4.78 is 5.09. The maximum Gasteiger partial charge on any atom is 0.414 e. The quantitative estimate of drug-likeness (QED) is 0.896. The van der Waals surface area contributed by atoms with Crippen LogP contribution in [0, 0.1) is 0 Å². The summed E-state index contributed by atoms with van der Waals surface area (Å²) in [6.45, 7) is 1.30. The second kappa shape index (κ2) is 5.38. The second-order valence-corrected chi connectivity index (χ2v) is 4.41. The minimum Gasteiger partial charge on any atom is -0.447 e. The molecule has 1 heterocycles. The third kappa shape index (κ3) is 2.70. The molecule has 1 aromatic carbocycles. The van der Waals surface area contributed by atoms with E-state index in [1.54, 1.807) is 17.0 Å². The summed E-state index contributed by atoms with van der Waals surface area (Å²) in [5, 5.41) is 3.74. The van der Waals surface area contributed by atoms with E-state index in [1.807, 2.05) is 19.2 Å². The zero-order valence-electron chi connectivity index (χ0n) is 9.65. The number of benzene rings is 1. The average Bonchev–Trinajstić information content (AvgIpc) is 2.69. The Labute approximate surface area is 106 Å². The maximum atomic E-state index is 11.7. The number of rotatable bonds is 4. The standard InChI is InChI=1S/C12H15ClN2O2/c1-14-7-6-11-8-17-12(16)15(11)10-4-2-9(13)3-5-10/h2-5,11,14H,6-8H2,1H3. The first-order valence-electron chi connectivity index (χ1n) is 5.58. The minimum atomic E-state index is -0.284. The van der Waals surface area contributed by atoms with Crippen LogP contribution < -0.4 is 10.2 Å². The van der Waals surface area contributed by atoms with E-state index in [0.29, 0.717) is 11.6 Å². The molecular weight excluding hydrogens is 240 g/mol. The number of halogens is 1. The van der Waals surface area contributed by atoms with E-state index in [9.17, 15) is 4.79 Å². The molecule has 1 fully saturated rings. The van der Waals surface area contributed by atoms with Crippen molar-refractivity contribution in [2.24, 2.45) is 0 Å². The molecule has 92 valence electrons. The van der Waals surface area contributed by atoms with Crippen molar-refractivity contribution in [2.75, 3.05) is 25.1 Å². The Balaban J connectivity index is 2.15. The maximum absolute atomic E-state index is 11.7. The van der Waals surface area contributed by atoms with Crippen molar-refractivity contribution in [1.29, 1.82) is 0 Å². The van der Waals surface area contributed by atoms with Gasteiger partial charge in [-0.1, -0.05) is 11.6 Å². The molecule has 1 aliphatic heterocycles. The van der Waals surface area contributed by atoms with Gasteiger partial charge in [-0.15, -0.1) is 0 Å². The number of carbonyl (C=O) groups is 1. The van der Waals surface area contributed by atoms with Gasteiger partial charge in [0.25, 0.3) is 0 Å². The molecule has 1 saturated heterocycles. The Morgan fingerprint density at radius 3 is 2.82 bits per heavy atom. The molecule has 0 bridgehead atoms. The molecule has 1 amide bonds. The van der Waals surface area contributed by atoms with Gasteiger partial charge >= 0.3 is 6.09 Å². The van der Waals surface area contributed by atoms with Gasteiger partial charge in [0.2, 0.25) is 0 Å². The summed E-state index contributed by atoms with van der Waals surface area (Å²) in [6, 6.07) is 7.31. The fourth-order valence-corrected chi connectivity index (χ4v) is 2.03. The molecule has 0 radical (unpaired) electrons. The van der Waals surface area contributed by atoms with Gasteiger partial charge in [-0.2, -0.15) is 0 Å². The molecule has 1 unspecified atom stereocenters. The number of hydrogen-bond acceptors (Lipinski definition) is 3. The van der Waals surface area contributed by atoms with Gasteiger partial charge < -0.3 is 10.1 Å². The molecule has 0 spiro atoms. The Morgan fingerprint density at radius 2 is 2.18 bits per heavy atom. The van der Waals surface area contributed by atoms with Crippen LogP contribution in [0.4, 0.5) is 10.5 Å². The number of nitrogens with zero attached hydrogens (tertiary/aromatic N) is 1. The first-order chi connectivity index (χ1) is 8.22. The third-order valence-electron chi connectivity index (χ3n) is 2.79. The summed E-state index contributed by atoms with van der Waals surface area (Å²) in [5.74, 6) is 0. The SMILES string of the molecule is CNCCC1COC(=O)N1c1ccc(Cl)cc1. The minimum absolute atomic E-state index is 0.0936. The van der Waals surface area contributed by atoms with Crippen molar-refractivity contribution in [1.82, 2.24) is 5.32 Å². The van der Waals surface area contributed by atoms with Gasteiger partial charge in [-0.3, -0.25) is 4.90 Å². The van der Waals surface area contributed by atoms with E-state index in [-0.39, 0.29) is 12.1 Å². The highest BCUT2D eigenvalue weighted by molar-refractivity contribution is 6.30. The third-order valence-corrected chi connectivity index (χ3v) is 3.05. The van der Waals surface area contributed by atoms with Gasteiger partial charge in [0.15, 0.2) is 0 Å². The number of ether oxygens (including phenoxy) is 1. The monoisotopic (exact) mass is 254 g/mol. The molecule has 4 nitrogen and oxygen atoms in total. The topological polar surface area (TPSA) is 41.6 Å². The van der Waals surface area contributed by atoms with Crippen molar-refractivity contribution in [2.45, 2.75) is 12.5 Å². The van der Waals surface area contributed by atoms with Crippen LogP contribution in [0.2, 0.25) is 5.02 Å². The van der Waals surface area contributed by atoms with Crippen molar-refractivity contribution in [3.63, 3.8) is 0 Å². The predicted octanol–water partition coefficient (Wildman–Crippen LogP) is 2.27. The van der Waals surface area contributed by atoms with Crippen LogP contribution in [0.3, 0.4) is 0 Å². The van der Waals surface area contributed by atoms with Crippen LogP contribution in [0.15, 0.2) is 24.3 Å². The molecule has 1 atom stereocenters. The number of anilines is 1. The first-order valence-corrected chi connectivity index (χ1v) is 5.96. The largest absolute Gasteiger partial charge is 0.447 e. The fourth-order valence-electron chi connectivity index (χ4n) is 1.90. The molecule has 0 saturated carbocycles. The summed E-state index contributed by atoms with van der Waals surface area (Å²) in [4.78, 5) is 13.4. The van der Waals surface area contributed by atoms with Crippen molar-refractivity contribution < 1.29 is 9.53 Å². The molecule has 1 aliphatic rings. The molecule has 0 aliphatic carbocycles. The van der Waals surface area contributed by atoms with Gasteiger partial charge in [0.05, 0.1) is 6.04 Å². The van der Waals surface area contributed by atoms with Gasteiger partial charge in [-0.05, 0) is 44.3 Å². The van der Waals surface area contributed by atoms with Crippen LogP contribution in [-0.4, -0.2) is 32.3 Å². The van der Waals surface area contributed by atoms with E-state index < -0.39 is 0 Å². The summed E-state index contributed by atoms with van der Waals surface area (Å²) in [5.41, 5.74) is 0.831. The lowest BCUT2D eigenvalue weighted by Crippen LogP contribution is -2.35. The summed E-state index contributed by atoms with van der Waals surface area (Å²) >= 11 is 5.83. The molecule has 1 N–H and O–H groups in total. The van der Waals surface area contributed by atoms with Crippen LogP contribution in [0.1, 0.15) is 6.42 Å². The van der Waals surface area contributed by atoms with Crippen molar-refractivity contribution >= 4 is 23.4 Å². The van der Waals surface area contributed by atoms with Crippen LogP contribution in [-0.2, 0) is 4.74 Å². The molecule has 0 aromatic heterocycles. The highest BCUT2D eigenvalue weighted by Crippen LogP contribution is 2.25. The summed E-state index contributed by atoms with van der Waals surface area (Å²) in [6.07, 6.45) is 0.582. The number of hydrogen-bond donors (Lipinski definition) is 1. The first kappa shape index (κ1) is 12.2. The highest BCUT2D eigenvalue weighted by atomic mass is 35.5. The number of nitrogens with one attached hydrogen (secondary N) is 1. The lowest BCUT2D eigenvalue weighted by molar-refractivity contribution is 0.178. The number of carbonyl (C=O) groups excluding carboxylic acids is 1. The molecule has 17 heavy (non-hydrogen) atoms. The van der Waals surface area contributed by atoms with Crippen LogP contribution >= 0.6 is 11.6 Å². The smallest absolute Gasteiger partial charge is 0.414 e. The van der Waals surface area contributed by atoms with Crippen molar-refractivity contribution in [3.8, 4) is 0 Å². The zero-order valence-corrected chi connectivity index (χ0v) is 10.4. The average molecular weight is 255 g/mol. The number of amides is 1. The van der Waals surface area contributed by atoms with E-state index in [0.717, 1.165) is 18.7 Å². The molecular formula is C12H15ClN2O2. The summed E-state index contributed by atoms with van der Waals surface area (Å²) in [7, 11) is 1.89. The predicted molar refractivity (Wildman–Crippen MR) is 67.6 cm³/mol. The zero-order chi connectivity index (χ0) is 12.3. The lowest BCUT2D eigenvalue weighted by Gasteiger charge is -2.21. The van der Waals surface area contributed by atoms with E-state index in [4.69, 9.17) is 16.3 Å².